The summed E-state index contributed by atoms with van der Waals surface area (Å²) >= 11 is 7.41. The second-order valence-corrected chi connectivity index (χ2v) is 8.73. The molecule has 1 N–H and O–H groups in total. The number of halogens is 4. The molecule has 0 spiro atoms. The fraction of sp³-hybridized carbons (Fsp3) is 0.182. The molecule has 4 aromatic rings. The number of aryl methyl sites for hydroxylation is 1. The Morgan fingerprint density at radius 2 is 1.91 bits per heavy atom. The van der Waals surface area contributed by atoms with E-state index in [2.05, 4.69) is 20.6 Å². The molecular weight excluding hydrogens is 475 g/mol. The van der Waals surface area contributed by atoms with Crippen molar-refractivity contribution in [2.75, 3.05) is 5.32 Å². The fourth-order valence-electron chi connectivity index (χ4n) is 3.24. The predicted molar refractivity (Wildman–Crippen MR) is 120 cm³/mol. The molecule has 0 fully saturated rings. The smallest absolute Gasteiger partial charge is 0.296 e. The van der Waals surface area contributed by atoms with E-state index in [9.17, 15) is 18.0 Å². The van der Waals surface area contributed by atoms with Gasteiger partial charge in [0, 0.05) is 11.3 Å². The van der Waals surface area contributed by atoms with Gasteiger partial charge in [0.2, 0.25) is 0 Å². The lowest BCUT2D eigenvalue weighted by atomic mass is 10.1. The molecule has 0 unspecified atom stereocenters. The zero-order valence-corrected chi connectivity index (χ0v) is 19.0. The number of thiazole rings is 1. The number of carbonyl (C=O) groups excluding carboxylic acids is 1. The van der Waals surface area contributed by atoms with Gasteiger partial charge in [-0.25, -0.2) is 9.67 Å². The number of alkyl halides is 3. The minimum absolute atomic E-state index is 0.113. The Morgan fingerprint density at radius 1 is 1.15 bits per heavy atom. The van der Waals surface area contributed by atoms with Crippen LogP contribution in [0, 0.1) is 13.8 Å². The third kappa shape index (κ3) is 4.91. The normalized spacial score (nSPS) is 11.6. The molecule has 4 rings (SSSR count). The fourth-order valence-corrected chi connectivity index (χ4v) is 4.44. The second kappa shape index (κ2) is 8.95. The van der Waals surface area contributed by atoms with Crippen molar-refractivity contribution in [3.05, 3.63) is 86.6 Å². The minimum atomic E-state index is -4.41. The molecular formula is C22H17ClF3N5OS. The predicted octanol–water partition coefficient (Wildman–Crippen LogP) is 5.86. The van der Waals surface area contributed by atoms with Gasteiger partial charge in [-0.1, -0.05) is 47.1 Å². The lowest BCUT2D eigenvalue weighted by molar-refractivity contribution is -0.137. The van der Waals surface area contributed by atoms with Gasteiger partial charge in [-0.2, -0.15) is 13.2 Å². The lowest BCUT2D eigenvalue weighted by Gasteiger charge is -2.08. The van der Waals surface area contributed by atoms with Crippen LogP contribution in [0.5, 0.6) is 0 Å². The number of rotatable bonds is 5. The number of carbonyl (C=O) groups is 1. The number of para-hydroxylation sites is 1. The van der Waals surface area contributed by atoms with Gasteiger partial charge in [-0.3, -0.25) is 10.1 Å². The van der Waals surface area contributed by atoms with Crippen LogP contribution >= 0.6 is 22.9 Å². The molecule has 11 heteroatoms. The van der Waals surface area contributed by atoms with Crippen molar-refractivity contribution in [3.8, 4) is 5.69 Å². The third-order valence-electron chi connectivity index (χ3n) is 4.92. The molecule has 0 atom stereocenters. The van der Waals surface area contributed by atoms with Gasteiger partial charge in [-0.05, 0) is 37.6 Å². The lowest BCUT2D eigenvalue weighted by Crippen LogP contribution is -2.14. The van der Waals surface area contributed by atoms with Gasteiger partial charge >= 0.3 is 6.18 Å². The van der Waals surface area contributed by atoms with Crippen molar-refractivity contribution in [2.24, 2.45) is 0 Å². The Morgan fingerprint density at radius 3 is 2.64 bits per heavy atom. The van der Waals surface area contributed by atoms with E-state index in [0.29, 0.717) is 32.8 Å². The van der Waals surface area contributed by atoms with Crippen LogP contribution < -0.4 is 5.32 Å². The van der Waals surface area contributed by atoms with Crippen LogP contribution in [-0.2, 0) is 12.6 Å². The number of aromatic nitrogens is 4. The molecule has 33 heavy (non-hydrogen) atoms. The van der Waals surface area contributed by atoms with Gasteiger partial charge in [0.25, 0.3) is 5.91 Å². The monoisotopic (exact) mass is 491 g/mol. The van der Waals surface area contributed by atoms with Crippen LogP contribution in [0.2, 0.25) is 5.02 Å². The van der Waals surface area contributed by atoms with Crippen LogP contribution in [-0.4, -0.2) is 25.9 Å². The topological polar surface area (TPSA) is 72.7 Å². The SMILES string of the molecule is Cc1nc(NC(=O)c2nnn(-c3ccccc3Cl)c2C)sc1Cc1cccc(C(F)(F)F)c1. The highest BCUT2D eigenvalue weighted by atomic mass is 35.5. The highest BCUT2D eigenvalue weighted by molar-refractivity contribution is 7.15. The highest BCUT2D eigenvalue weighted by Crippen LogP contribution is 2.31. The van der Waals surface area contributed by atoms with Crippen molar-refractivity contribution in [3.63, 3.8) is 0 Å². The zero-order valence-electron chi connectivity index (χ0n) is 17.4. The van der Waals surface area contributed by atoms with E-state index < -0.39 is 17.6 Å². The van der Waals surface area contributed by atoms with Crippen LogP contribution in [0.4, 0.5) is 18.3 Å². The van der Waals surface area contributed by atoms with E-state index in [1.165, 1.54) is 22.1 Å². The van der Waals surface area contributed by atoms with Crippen molar-refractivity contribution < 1.29 is 18.0 Å². The van der Waals surface area contributed by atoms with E-state index in [1.807, 2.05) is 0 Å². The van der Waals surface area contributed by atoms with E-state index in [0.717, 1.165) is 17.0 Å². The maximum absolute atomic E-state index is 13.0. The number of nitrogens with zero attached hydrogens (tertiary/aromatic N) is 4. The zero-order chi connectivity index (χ0) is 23.8. The molecule has 0 aliphatic carbocycles. The molecule has 0 bridgehead atoms. The van der Waals surface area contributed by atoms with Gasteiger partial charge in [-0.15, -0.1) is 16.4 Å². The Kier molecular flexibility index (Phi) is 6.22. The van der Waals surface area contributed by atoms with Gasteiger partial charge < -0.3 is 0 Å². The maximum atomic E-state index is 13.0. The summed E-state index contributed by atoms with van der Waals surface area (Å²) < 4.78 is 40.4. The van der Waals surface area contributed by atoms with Crippen LogP contribution in [0.15, 0.2) is 48.5 Å². The van der Waals surface area contributed by atoms with E-state index in [-0.39, 0.29) is 12.1 Å². The van der Waals surface area contributed by atoms with Gasteiger partial charge in [0.15, 0.2) is 10.8 Å². The van der Waals surface area contributed by atoms with Gasteiger partial charge in [0.05, 0.1) is 27.7 Å². The Balaban J connectivity index is 1.52. The number of anilines is 1. The standard InChI is InChI=1S/C22H17ClF3N5OS/c1-12-18(11-14-6-5-7-15(10-14)22(24,25)26)33-21(27-12)28-20(32)19-13(2)31(30-29-19)17-9-4-3-8-16(17)23/h3-10H,11H2,1-2H3,(H,27,28,32). The third-order valence-corrected chi connectivity index (χ3v) is 6.31. The van der Waals surface area contributed by atoms with E-state index >= 15 is 0 Å². The largest absolute Gasteiger partial charge is 0.416 e. The Labute approximate surface area is 196 Å². The number of amides is 1. The molecule has 0 saturated carbocycles. The quantitative estimate of drug-likeness (QED) is 0.380. The molecule has 2 heterocycles. The van der Waals surface area contributed by atoms with Crippen LogP contribution in [0.1, 0.15) is 37.9 Å². The van der Waals surface area contributed by atoms with Crippen molar-refractivity contribution in [2.45, 2.75) is 26.4 Å². The second-order valence-electron chi connectivity index (χ2n) is 7.24. The summed E-state index contributed by atoms with van der Waals surface area (Å²) in [4.78, 5) is 17.9. The molecule has 1 amide bonds. The first-order valence-electron chi connectivity index (χ1n) is 9.74. The highest BCUT2D eigenvalue weighted by Gasteiger charge is 2.30. The van der Waals surface area contributed by atoms with Crippen molar-refractivity contribution >= 4 is 34.0 Å². The number of nitrogens with one attached hydrogen (secondary N) is 1. The summed E-state index contributed by atoms with van der Waals surface area (Å²) in [6.07, 6.45) is -4.14. The molecule has 0 saturated heterocycles. The Hall–Kier alpha value is -3.24. The van der Waals surface area contributed by atoms with E-state index in [4.69, 9.17) is 11.6 Å². The molecule has 2 aromatic carbocycles. The molecule has 6 nitrogen and oxygen atoms in total. The average Bonchev–Trinajstić information content (AvgIpc) is 3.30. The summed E-state index contributed by atoms with van der Waals surface area (Å²) in [6, 6.07) is 12.2. The van der Waals surface area contributed by atoms with Crippen LogP contribution in [0.25, 0.3) is 5.69 Å². The van der Waals surface area contributed by atoms with Crippen molar-refractivity contribution in [1.82, 2.24) is 20.0 Å². The molecule has 2 aromatic heterocycles. The number of hydrogen-bond donors (Lipinski definition) is 1. The summed E-state index contributed by atoms with van der Waals surface area (Å²) in [5.41, 5.74) is 1.64. The molecule has 0 aliphatic rings. The summed E-state index contributed by atoms with van der Waals surface area (Å²) in [5, 5.41) is 11.5. The Bertz CT molecular complexity index is 1330. The first-order chi connectivity index (χ1) is 15.6. The van der Waals surface area contributed by atoms with Crippen LogP contribution in [0.3, 0.4) is 0 Å². The summed E-state index contributed by atoms with van der Waals surface area (Å²) in [5.74, 6) is -0.495. The number of benzene rings is 2. The molecule has 170 valence electrons. The van der Waals surface area contributed by atoms with Gasteiger partial charge in [0.1, 0.15) is 0 Å². The number of hydrogen-bond acceptors (Lipinski definition) is 5. The average molecular weight is 492 g/mol. The summed E-state index contributed by atoms with van der Waals surface area (Å²) in [6.45, 7) is 3.44. The first kappa shape index (κ1) is 22.9. The minimum Gasteiger partial charge on any atom is -0.296 e. The maximum Gasteiger partial charge on any atom is 0.416 e. The first-order valence-corrected chi connectivity index (χ1v) is 10.9. The molecule has 0 radical (unpaired) electrons. The molecule has 0 aliphatic heterocycles. The summed E-state index contributed by atoms with van der Waals surface area (Å²) in [7, 11) is 0. The van der Waals surface area contributed by atoms with E-state index in [1.54, 1.807) is 44.2 Å². The van der Waals surface area contributed by atoms with Crippen molar-refractivity contribution in [1.29, 1.82) is 0 Å².